The van der Waals surface area contributed by atoms with Gasteiger partial charge in [0.05, 0.1) is 11.9 Å². The van der Waals surface area contributed by atoms with Crippen molar-refractivity contribution in [3.8, 4) is 0 Å². The molecule has 0 aliphatic rings. The molecule has 1 aromatic heterocycles. The summed E-state index contributed by atoms with van der Waals surface area (Å²) in [7, 11) is 0. The number of anilines is 2. The molecule has 0 radical (unpaired) electrons. The van der Waals surface area contributed by atoms with Gasteiger partial charge in [-0.15, -0.1) is 0 Å². The Balaban J connectivity index is 2.75. The summed E-state index contributed by atoms with van der Waals surface area (Å²) in [6.45, 7) is 6.14. The number of nitrogens with zero attached hydrogens (tertiary/aromatic N) is 2. The zero-order valence-electron chi connectivity index (χ0n) is 11.5. The van der Waals surface area contributed by atoms with Crippen molar-refractivity contribution in [3.63, 3.8) is 0 Å². The predicted octanol–water partition coefficient (Wildman–Crippen LogP) is 4.02. The van der Waals surface area contributed by atoms with E-state index in [1.807, 2.05) is 6.07 Å². The average molecular weight is 339 g/mol. The third kappa shape index (κ3) is 5.35. The summed E-state index contributed by atoms with van der Waals surface area (Å²) in [5, 5.41) is 2.50. The summed E-state index contributed by atoms with van der Waals surface area (Å²) in [5.74, 6) is 0.177. The third-order valence-corrected chi connectivity index (χ3v) is 3.09. The number of carbonyl (C=O) groups excluding carboxylic acids is 1. The molecule has 0 aromatic carbocycles. The normalized spacial score (nSPS) is 11.2. The minimum Gasteiger partial charge on any atom is -0.357 e. The lowest BCUT2D eigenvalue weighted by molar-refractivity contribution is -0.115. The van der Waals surface area contributed by atoms with Gasteiger partial charge in [0.15, 0.2) is 0 Å². The van der Waals surface area contributed by atoms with Gasteiger partial charge in [-0.05, 0) is 25.0 Å². The molecule has 1 rings (SSSR count). The number of hydrogen-bond donors (Lipinski definition) is 1. The second-order valence-corrected chi connectivity index (χ2v) is 6.63. The molecule has 1 aromatic rings. The molecule has 0 spiro atoms. The summed E-state index contributed by atoms with van der Waals surface area (Å²) in [5.41, 5.74) is 0.498. The first-order valence-corrected chi connectivity index (χ1v) is 7.61. The van der Waals surface area contributed by atoms with Crippen molar-refractivity contribution in [3.05, 3.63) is 18.3 Å². The maximum Gasteiger partial charge on any atom is 0.276 e. The first-order chi connectivity index (χ1) is 9.38. The Morgan fingerprint density at radius 2 is 1.85 bits per heavy atom. The Labute approximate surface area is 134 Å². The van der Waals surface area contributed by atoms with Crippen molar-refractivity contribution < 1.29 is 4.79 Å². The predicted molar refractivity (Wildman–Crippen MR) is 86.0 cm³/mol. The molecule has 0 atom stereocenters. The van der Waals surface area contributed by atoms with Crippen molar-refractivity contribution in [1.29, 1.82) is 0 Å². The van der Waals surface area contributed by atoms with Gasteiger partial charge in [0.2, 0.25) is 0 Å². The maximum atomic E-state index is 11.5. The van der Waals surface area contributed by atoms with Crippen LogP contribution in [-0.2, 0) is 4.79 Å². The van der Waals surface area contributed by atoms with Crippen LogP contribution in [0.4, 0.5) is 11.5 Å². The SMILES string of the molecule is CCCN(CCC)c1ccc(NC(=O)C(Cl)(Cl)Cl)cn1. The molecule has 1 heterocycles. The standard InChI is InChI=1S/C13H18Cl3N3O/c1-3-7-19(8-4-2)11-6-5-10(9-17-11)18-12(20)13(14,15)16/h5-6,9H,3-4,7-8H2,1-2H3,(H,18,20). The molecular weight excluding hydrogens is 321 g/mol. The third-order valence-electron chi connectivity index (χ3n) is 2.57. The Bertz CT molecular complexity index is 425. The van der Waals surface area contributed by atoms with Crippen molar-refractivity contribution in [1.82, 2.24) is 4.98 Å². The van der Waals surface area contributed by atoms with E-state index in [4.69, 9.17) is 34.8 Å². The Morgan fingerprint density at radius 3 is 2.25 bits per heavy atom. The second-order valence-electron chi connectivity index (χ2n) is 4.34. The molecule has 0 fully saturated rings. The van der Waals surface area contributed by atoms with E-state index < -0.39 is 9.70 Å². The first-order valence-electron chi connectivity index (χ1n) is 6.47. The molecule has 20 heavy (non-hydrogen) atoms. The molecule has 0 saturated heterocycles. The van der Waals surface area contributed by atoms with Gasteiger partial charge >= 0.3 is 0 Å². The van der Waals surface area contributed by atoms with Crippen LogP contribution in [0.2, 0.25) is 0 Å². The largest absolute Gasteiger partial charge is 0.357 e. The van der Waals surface area contributed by atoms with Crippen LogP contribution in [0, 0.1) is 0 Å². The number of halogens is 3. The Hall–Kier alpha value is -0.710. The van der Waals surface area contributed by atoms with E-state index in [0.717, 1.165) is 31.7 Å². The Morgan fingerprint density at radius 1 is 1.25 bits per heavy atom. The van der Waals surface area contributed by atoms with Crippen LogP contribution >= 0.6 is 34.8 Å². The molecule has 4 nitrogen and oxygen atoms in total. The highest BCUT2D eigenvalue weighted by atomic mass is 35.6. The van der Waals surface area contributed by atoms with Crippen molar-refractivity contribution in [2.24, 2.45) is 0 Å². The molecule has 7 heteroatoms. The lowest BCUT2D eigenvalue weighted by Crippen LogP contribution is -2.27. The average Bonchev–Trinajstić information content (AvgIpc) is 2.38. The number of hydrogen-bond acceptors (Lipinski definition) is 3. The topological polar surface area (TPSA) is 45.2 Å². The molecule has 1 amide bonds. The molecule has 112 valence electrons. The highest BCUT2D eigenvalue weighted by Crippen LogP contribution is 2.27. The van der Waals surface area contributed by atoms with E-state index in [0.29, 0.717) is 5.69 Å². The van der Waals surface area contributed by atoms with E-state index in [2.05, 4.69) is 29.0 Å². The fourth-order valence-electron chi connectivity index (χ4n) is 1.73. The summed E-state index contributed by atoms with van der Waals surface area (Å²) >= 11 is 16.5. The summed E-state index contributed by atoms with van der Waals surface area (Å²) in [4.78, 5) is 18.0. The van der Waals surface area contributed by atoms with Gasteiger partial charge in [0.1, 0.15) is 5.82 Å². The van der Waals surface area contributed by atoms with E-state index in [9.17, 15) is 4.79 Å². The monoisotopic (exact) mass is 337 g/mol. The number of pyridine rings is 1. The van der Waals surface area contributed by atoms with Crippen LogP contribution in [0.5, 0.6) is 0 Å². The smallest absolute Gasteiger partial charge is 0.276 e. The quantitative estimate of drug-likeness (QED) is 0.797. The number of alkyl halides is 3. The van der Waals surface area contributed by atoms with Crippen LogP contribution in [0.3, 0.4) is 0 Å². The molecule has 0 aliphatic heterocycles. The van der Waals surface area contributed by atoms with E-state index in [-0.39, 0.29) is 0 Å². The van der Waals surface area contributed by atoms with Gasteiger partial charge in [-0.25, -0.2) is 4.98 Å². The number of rotatable bonds is 6. The molecule has 0 aliphatic carbocycles. The van der Waals surface area contributed by atoms with Crippen molar-refractivity contribution >= 4 is 52.2 Å². The Kier molecular flexibility index (Phi) is 6.86. The fourth-order valence-corrected chi connectivity index (χ4v) is 1.87. The molecular formula is C13H18Cl3N3O. The van der Waals surface area contributed by atoms with Gasteiger partial charge in [-0.3, -0.25) is 4.79 Å². The lowest BCUT2D eigenvalue weighted by Gasteiger charge is -2.22. The van der Waals surface area contributed by atoms with E-state index in [1.165, 1.54) is 0 Å². The number of nitrogens with one attached hydrogen (secondary N) is 1. The fraction of sp³-hybridized carbons (Fsp3) is 0.538. The number of aromatic nitrogens is 1. The van der Waals surface area contributed by atoms with Gasteiger partial charge in [0, 0.05) is 13.1 Å². The number of amides is 1. The van der Waals surface area contributed by atoms with Gasteiger partial charge < -0.3 is 10.2 Å². The highest BCUT2D eigenvalue weighted by molar-refractivity contribution is 6.76. The minimum atomic E-state index is -1.98. The van der Waals surface area contributed by atoms with Crippen molar-refractivity contribution in [2.75, 3.05) is 23.3 Å². The van der Waals surface area contributed by atoms with Gasteiger partial charge in [0.25, 0.3) is 9.70 Å². The summed E-state index contributed by atoms with van der Waals surface area (Å²) in [6, 6.07) is 3.59. The zero-order valence-corrected chi connectivity index (χ0v) is 13.8. The maximum absolute atomic E-state index is 11.5. The lowest BCUT2D eigenvalue weighted by atomic mass is 10.3. The van der Waals surface area contributed by atoms with Gasteiger partial charge in [-0.1, -0.05) is 48.7 Å². The summed E-state index contributed by atoms with van der Waals surface area (Å²) < 4.78 is -1.98. The van der Waals surface area contributed by atoms with Crippen LogP contribution in [-0.4, -0.2) is 27.8 Å². The van der Waals surface area contributed by atoms with E-state index in [1.54, 1.807) is 12.3 Å². The molecule has 0 unspecified atom stereocenters. The van der Waals surface area contributed by atoms with Crippen LogP contribution < -0.4 is 10.2 Å². The van der Waals surface area contributed by atoms with Crippen LogP contribution in [0.15, 0.2) is 18.3 Å². The first kappa shape index (κ1) is 17.3. The molecule has 0 bridgehead atoms. The highest BCUT2D eigenvalue weighted by Gasteiger charge is 2.30. The number of carbonyl (C=O) groups is 1. The summed E-state index contributed by atoms with van der Waals surface area (Å²) in [6.07, 6.45) is 3.66. The van der Waals surface area contributed by atoms with Crippen LogP contribution in [0.1, 0.15) is 26.7 Å². The van der Waals surface area contributed by atoms with Crippen LogP contribution in [0.25, 0.3) is 0 Å². The zero-order chi connectivity index (χ0) is 15.2. The van der Waals surface area contributed by atoms with Crippen molar-refractivity contribution in [2.45, 2.75) is 30.5 Å². The minimum absolute atomic E-state index is 0.498. The second kappa shape index (κ2) is 7.91. The molecule has 0 saturated carbocycles. The van der Waals surface area contributed by atoms with E-state index >= 15 is 0 Å². The molecule has 1 N–H and O–H groups in total. The van der Waals surface area contributed by atoms with Gasteiger partial charge in [-0.2, -0.15) is 0 Å².